The van der Waals surface area contributed by atoms with E-state index in [0.717, 1.165) is 18.6 Å². The molecule has 1 N–H and O–H groups in total. The topological polar surface area (TPSA) is 98.9 Å². The highest BCUT2D eigenvalue weighted by Gasteiger charge is 2.20. The third kappa shape index (κ3) is 4.55. The molecule has 0 heterocycles. The lowest BCUT2D eigenvalue weighted by Crippen LogP contribution is -2.08. The highest BCUT2D eigenvalue weighted by molar-refractivity contribution is 5.92. The van der Waals surface area contributed by atoms with Crippen molar-refractivity contribution in [3.8, 4) is 5.75 Å². The van der Waals surface area contributed by atoms with Crippen LogP contribution in [0.3, 0.4) is 0 Å². The van der Waals surface area contributed by atoms with Crippen LogP contribution in [0.4, 0.5) is 5.69 Å². The second kappa shape index (κ2) is 7.32. The number of nitro groups is 1. The number of benzene rings is 1. The number of nitro benzene ring substituents is 1. The van der Waals surface area contributed by atoms with Crippen LogP contribution in [-0.4, -0.2) is 35.8 Å². The van der Waals surface area contributed by atoms with Gasteiger partial charge in [-0.15, -0.1) is 0 Å². The lowest BCUT2D eigenvalue weighted by Gasteiger charge is -2.07. The van der Waals surface area contributed by atoms with Crippen LogP contribution in [0.15, 0.2) is 18.2 Å². The molecule has 0 unspecified atom stereocenters. The fourth-order valence-corrected chi connectivity index (χ4v) is 1.40. The number of ether oxygens (including phenoxy) is 2. The maximum absolute atomic E-state index is 10.8. The van der Waals surface area contributed by atoms with Crippen molar-refractivity contribution in [2.45, 2.75) is 13.3 Å². The van der Waals surface area contributed by atoms with E-state index in [1.54, 1.807) is 0 Å². The Morgan fingerprint density at radius 3 is 2.68 bits per heavy atom. The molecule has 1 rings (SSSR count). The van der Waals surface area contributed by atoms with E-state index >= 15 is 0 Å². The Morgan fingerprint density at radius 2 is 2.11 bits per heavy atom. The largest absolute Gasteiger partial charge is 0.491 e. The minimum atomic E-state index is -1.34. The van der Waals surface area contributed by atoms with Gasteiger partial charge in [0.15, 0.2) is 0 Å². The maximum Gasteiger partial charge on any atom is 0.342 e. The minimum Gasteiger partial charge on any atom is -0.491 e. The van der Waals surface area contributed by atoms with Crippen LogP contribution in [0.25, 0.3) is 0 Å². The van der Waals surface area contributed by atoms with Crippen LogP contribution in [0, 0.1) is 10.1 Å². The minimum absolute atomic E-state index is 0.247. The Morgan fingerprint density at radius 1 is 1.37 bits per heavy atom. The van der Waals surface area contributed by atoms with E-state index in [4.69, 9.17) is 14.6 Å². The quantitative estimate of drug-likeness (QED) is 0.440. The summed E-state index contributed by atoms with van der Waals surface area (Å²) in [6.07, 6.45) is 0.902. The van der Waals surface area contributed by atoms with Crippen molar-refractivity contribution < 1.29 is 24.3 Å². The van der Waals surface area contributed by atoms with Crippen molar-refractivity contribution in [2.75, 3.05) is 19.8 Å². The van der Waals surface area contributed by atoms with Gasteiger partial charge >= 0.3 is 5.97 Å². The number of hydrogen-bond acceptors (Lipinski definition) is 5. The summed E-state index contributed by atoms with van der Waals surface area (Å²) in [4.78, 5) is 20.8. The normalized spacial score (nSPS) is 10.2. The van der Waals surface area contributed by atoms with Crippen molar-refractivity contribution in [1.29, 1.82) is 0 Å². The second-order valence-corrected chi connectivity index (χ2v) is 3.70. The van der Waals surface area contributed by atoms with Gasteiger partial charge in [-0.1, -0.05) is 6.92 Å². The number of hydrogen-bond donors (Lipinski definition) is 1. The lowest BCUT2D eigenvalue weighted by molar-refractivity contribution is -0.385. The summed E-state index contributed by atoms with van der Waals surface area (Å²) in [6, 6.07) is 3.64. The molecule has 0 saturated heterocycles. The molecule has 1 aromatic rings. The molecule has 0 aliphatic carbocycles. The predicted molar refractivity (Wildman–Crippen MR) is 66.7 cm³/mol. The van der Waals surface area contributed by atoms with E-state index < -0.39 is 16.6 Å². The number of rotatable bonds is 8. The van der Waals surface area contributed by atoms with Crippen molar-refractivity contribution in [3.63, 3.8) is 0 Å². The van der Waals surface area contributed by atoms with Crippen LogP contribution >= 0.6 is 0 Å². The average molecular weight is 269 g/mol. The molecule has 0 fully saturated rings. The van der Waals surface area contributed by atoms with Crippen molar-refractivity contribution >= 4 is 11.7 Å². The van der Waals surface area contributed by atoms with Gasteiger partial charge in [0, 0.05) is 6.61 Å². The fraction of sp³-hybridized carbons (Fsp3) is 0.417. The summed E-state index contributed by atoms with van der Waals surface area (Å²) in [6.45, 7) is 3.24. The van der Waals surface area contributed by atoms with Gasteiger partial charge in [-0.3, -0.25) is 10.1 Å². The highest BCUT2D eigenvalue weighted by Crippen LogP contribution is 2.24. The van der Waals surface area contributed by atoms with Gasteiger partial charge in [-0.05, 0) is 18.6 Å². The third-order valence-electron chi connectivity index (χ3n) is 2.24. The first kappa shape index (κ1) is 14.9. The molecule has 0 spiro atoms. The standard InChI is InChI=1S/C12H15NO6/c1-2-5-18-6-7-19-9-3-4-10(12(14)15)11(8-9)13(16)17/h3-4,8H,2,5-7H2,1H3,(H,14,15). The molecule has 104 valence electrons. The smallest absolute Gasteiger partial charge is 0.342 e. The molecule has 0 saturated carbocycles. The Bertz CT molecular complexity index is 460. The number of carboxylic acids is 1. The number of carbonyl (C=O) groups is 1. The van der Waals surface area contributed by atoms with E-state index in [0.29, 0.717) is 13.2 Å². The second-order valence-electron chi connectivity index (χ2n) is 3.70. The predicted octanol–water partition coefficient (Wildman–Crippen LogP) is 2.10. The van der Waals surface area contributed by atoms with E-state index in [9.17, 15) is 14.9 Å². The molecule has 0 aliphatic heterocycles. The van der Waals surface area contributed by atoms with E-state index in [1.807, 2.05) is 6.92 Å². The first-order chi connectivity index (χ1) is 9.06. The number of nitrogens with zero attached hydrogens (tertiary/aromatic N) is 1. The molecule has 7 nitrogen and oxygen atoms in total. The fourth-order valence-electron chi connectivity index (χ4n) is 1.40. The first-order valence-corrected chi connectivity index (χ1v) is 5.78. The van der Waals surface area contributed by atoms with Gasteiger partial charge in [0.2, 0.25) is 0 Å². The molecule has 0 aromatic heterocycles. The van der Waals surface area contributed by atoms with Crippen LogP contribution in [0.5, 0.6) is 5.75 Å². The van der Waals surface area contributed by atoms with Gasteiger partial charge < -0.3 is 14.6 Å². The molecule has 0 radical (unpaired) electrons. The zero-order chi connectivity index (χ0) is 14.3. The van der Waals surface area contributed by atoms with Crippen LogP contribution in [0.2, 0.25) is 0 Å². The SMILES string of the molecule is CCCOCCOc1ccc(C(=O)O)c([N+](=O)[O-])c1. The molecule has 0 atom stereocenters. The number of aromatic carboxylic acids is 1. The highest BCUT2D eigenvalue weighted by atomic mass is 16.6. The molecule has 0 bridgehead atoms. The zero-order valence-corrected chi connectivity index (χ0v) is 10.5. The zero-order valence-electron chi connectivity index (χ0n) is 10.5. The third-order valence-corrected chi connectivity index (χ3v) is 2.24. The Balaban J connectivity index is 2.68. The Labute approximate surface area is 109 Å². The molecular formula is C12H15NO6. The lowest BCUT2D eigenvalue weighted by atomic mass is 10.2. The Kier molecular flexibility index (Phi) is 5.74. The van der Waals surface area contributed by atoms with Crippen molar-refractivity contribution in [3.05, 3.63) is 33.9 Å². The Hall–Kier alpha value is -2.15. The van der Waals surface area contributed by atoms with Gasteiger partial charge in [-0.25, -0.2) is 4.79 Å². The molecular weight excluding hydrogens is 254 g/mol. The van der Waals surface area contributed by atoms with E-state index in [2.05, 4.69) is 0 Å². The van der Waals surface area contributed by atoms with Gasteiger partial charge in [0.05, 0.1) is 17.6 Å². The summed E-state index contributed by atoms with van der Waals surface area (Å²) < 4.78 is 10.4. The van der Waals surface area contributed by atoms with Gasteiger partial charge in [-0.2, -0.15) is 0 Å². The maximum atomic E-state index is 10.8. The van der Waals surface area contributed by atoms with Crippen LogP contribution < -0.4 is 4.74 Å². The van der Waals surface area contributed by atoms with Crippen molar-refractivity contribution in [1.82, 2.24) is 0 Å². The molecule has 7 heteroatoms. The first-order valence-electron chi connectivity index (χ1n) is 5.78. The average Bonchev–Trinajstić information content (AvgIpc) is 2.38. The monoisotopic (exact) mass is 269 g/mol. The summed E-state index contributed by atoms with van der Waals surface area (Å²) in [5.41, 5.74) is -0.848. The molecule has 19 heavy (non-hydrogen) atoms. The summed E-state index contributed by atoms with van der Waals surface area (Å²) in [5, 5.41) is 19.6. The van der Waals surface area contributed by atoms with Crippen molar-refractivity contribution in [2.24, 2.45) is 0 Å². The summed E-state index contributed by atoms with van der Waals surface area (Å²) in [5.74, 6) is -1.10. The summed E-state index contributed by atoms with van der Waals surface area (Å²) >= 11 is 0. The van der Waals surface area contributed by atoms with E-state index in [-0.39, 0.29) is 17.9 Å². The van der Waals surface area contributed by atoms with Gasteiger partial charge in [0.1, 0.15) is 17.9 Å². The number of carboxylic acid groups (broad SMARTS) is 1. The van der Waals surface area contributed by atoms with Crippen LogP contribution in [0.1, 0.15) is 23.7 Å². The van der Waals surface area contributed by atoms with Crippen LogP contribution in [-0.2, 0) is 4.74 Å². The molecule has 0 amide bonds. The van der Waals surface area contributed by atoms with Gasteiger partial charge in [0.25, 0.3) is 5.69 Å². The summed E-state index contributed by atoms with van der Waals surface area (Å²) in [7, 11) is 0. The molecule has 0 aliphatic rings. The molecule has 1 aromatic carbocycles. The van der Waals surface area contributed by atoms with E-state index in [1.165, 1.54) is 6.07 Å².